The maximum absolute atomic E-state index is 8.38. The van der Waals surface area contributed by atoms with E-state index in [1.165, 1.54) is 0 Å². The zero-order chi connectivity index (χ0) is 4.00. The molecule has 0 rings (SSSR count). The zero-order valence-corrected chi connectivity index (χ0v) is 7.84. The molecule has 0 aromatic carbocycles. The normalized spacial score (nSPS) is 1.67. The first-order valence-corrected chi connectivity index (χ1v) is 2.87. The SMILES string of the molecule is [GaH3].[InH3].[O]=[Sn].[O]=[Zn]. The summed E-state index contributed by atoms with van der Waals surface area (Å²) in [5.74, 6) is 0. The molecule has 0 saturated carbocycles. The summed E-state index contributed by atoms with van der Waals surface area (Å²) in [5, 5.41) is 0. The van der Waals surface area contributed by atoms with Crippen molar-refractivity contribution in [3.8, 4) is 0 Å². The van der Waals surface area contributed by atoms with Crippen molar-refractivity contribution in [2.24, 2.45) is 0 Å². The Morgan fingerprint density at radius 3 is 1.17 bits per heavy atom. The molecule has 0 unspecified atom stereocenters. The Morgan fingerprint density at radius 2 is 1.17 bits per heavy atom. The van der Waals surface area contributed by atoms with Gasteiger partial charge in [-0.2, -0.15) is 0 Å². The van der Waals surface area contributed by atoms with Gasteiger partial charge < -0.3 is 0 Å². The Morgan fingerprint density at radius 1 is 1.17 bits per heavy atom. The second kappa shape index (κ2) is 50.2. The van der Waals surface area contributed by atoms with Gasteiger partial charge in [0, 0.05) is 0 Å². The maximum atomic E-state index is 8.38. The molecule has 0 atom stereocenters. The van der Waals surface area contributed by atoms with Crippen molar-refractivity contribution < 1.29 is 24.9 Å². The van der Waals surface area contributed by atoms with Gasteiger partial charge in [-0.05, 0) is 0 Å². The van der Waals surface area contributed by atoms with Gasteiger partial charge >= 0.3 is 93.0 Å². The molecule has 0 heterocycles. The van der Waals surface area contributed by atoms with Crippen molar-refractivity contribution in [1.82, 2.24) is 0 Å². The fourth-order valence-electron chi connectivity index (χ4n) is 0. The second-order valence-corrected chi connectivity index (χ2v) is 0. The molecule has 0 spiro atoms. The van der Waals surface area contributed by atoms with E-state index in [9.17, 15) is 0 Å². The van der Waals surface area contributed by atoms with Crippen molar-refractivity contribution >= 4 is 68.1 Å². The van der Waals surface area contributed by atoms with Crippen LogP contribution in [0.3, 0.4) is 0 Å². The summed E-state index contributed by atoms with van der Waals surface area (Å²) in [5.41, 5.74) is 0. The minimum absolute atomic E-state index is 0. The fourth-order valence-corrected chi connectivity index (χ4v) is 0. The number of rotatable bonds is 0. The summed E-state index contributed by atoms with van der Waals surface area (Å²) in [6.45, 7) is 0. The molecule has 0 aromatic rings. The summed E-state index contributed by atoms with van der Waals surface area (Å²) in [6.07, 6.45) is 0. The molecule has 6 heavy (non-hydrogen) atoms. The number of hydrogen-bond donors (Lipinski definition) is 0. The van der Waals surface area contributed by atoms with Gasteiger partial charge in [-0.3, -0.25) is 0 Å². The third kappa shape index (κ3) is 31.2. The molecule has 0 aromatic heterocycles. The van der Waals surface area contributed by atoms with Crippen LogP contribution < -0.4 is 0 Å². The standard InChI is InChI=1S/Ga.In.2O.Sn.Zn.6H. The summed E-state index contributed by atoms with van der Waals surface area (Å²) in [6, 6.07) is 0. The van der Waals surface area contributed by atoms with Crippen LogP contribution in [0.4, 0.5) is 0 Å². The average molecular weight is 407 g/mol. The van der Waals surface area contributed by atoms with E-state index in [-0.39, 0.29) is 63.9 Å². The topological polar surface area (TPSA) is 34.1 Å². The Balaban J connectivity index is -0.00000000500. The van der Waals surface area contributed by atoms with E-state index in [0.717, 1.165) is 0 Å². The fraction of sp³-hybridized carbons (Fsp3) is 0. The molecule has 0 aliphatic carbocycles. The van der Waals surface area contributed by atoms with Crippen molar-refractivity contribution in [3.63, 3.8) is 0 Å². The first-order valence-electron chi connectivity index (χ1n) is 0.493. The van der Waals surface area contributed by atoms with Gasteiger partial charge in [-0.1, -0.05) is 0 Å². The summed E-state index contributed by atoms with van der Waals surface area (Å²) in [4.78, 5) is 0. The van der Waals surface area contributed by atoms with Gasteiger partial charge in [0.1, 0.15) is 0 Å². The van der Waals surface area contributed by atoms with Crippen molar-refractivity contribution in [2.45, 2.75) is 0 Å². The molecule has 6 heteroatoms. The van der Waals surface area contributed by atoms with Gasteiger partial charge in [0.05, 0.1) is 0 Å². The van der Waals surface area contributed by atoms with Gasteiger partial charge in [-0.15, -0.1) is 0 Å². The molecule has 0 fully saturated rings. The van der Waals surface area contributed by atoms with Crippen LogP contribution in [0.2, 0.25) is 0 Å². The van der Waals surface area contributed by atoms with Crippen molar-refractivity contribution in [2.75, 3.05) is 0 Å². The van der Waals surface area contributed by atoms with Gasteiger partial charge in [0.15, 0.2) is 0 Å². The summed E-state index contributed by atoms with van der Waals surface area (Å²) < 4.78 is 16.7. The van der Waals surface area contributed by atoms with E-state index in [1.54, 1.807) is 0 Å². The third-order valence-corrected chi connectivity index (χ3v) is 0. The van der Waals surface area contributed by atoms with Crippen LogP contribution in [0, 0.1) is 0 Å². The molecule has 2 radical (unpaired) electrons. The molecule has 0 aliphatic rings. The second-order valence-electron chi connectivity index (χ2n) is 0. The predicted octanol–water partition coefficient (Wildman–Crippen LogP) is -2.99. The minimum atomic E-state index is 0. The molecule has 0 amide bonds. The molecule has 30 valence electrons. The van der Waals surface area contributed by atoms with E-state index >= 15 is 0 Å². The van der Waals surface area contributed by atoms with E-state index < -0.39 is 0 Å². The quantitative estimate of drug-likeness (QED) is 0.402. The van der Waals surface area contributed by atoms with Crippen molar-refractivity contribution in [1.29, 1.82) is 0 Å². The molecular weight excluding hydrogens is 401 g/mol. The molecule has 0 aliphatic heterocycles. The molecule has 0 bridgehead atoms. The van der Waals surface area contributed by atoms with Crippen LogP contribution in [0.25, 0.3) is 0 Å². The predicted molar refractivity (Wildman–Crippen MR) is 27.0 cm³/mol. The Kier molecular flexibility index (Phi) is 197. The van der Waals surface area contributed by atoms with Crippen LogP contribution in [0.5, 0.6) is 0 Å². The Hall–Kier alpha value is 2.53. The molecule has 0 saturated heterocycles. The van der Waals surface area contributed by atoms with Crippen LogP contribution in [0.15, 0.2) is 0 Å². The monoisotopic (exact) mass is 406 g/mol. The van der Waals surface area contributed by atoms with Gasteiger partial charge in [-0.25, -0.2) is 0 Å². The Labute approximate surface area is 91.5 Å². The number of hydrogen-bond acceptors (Lipinski definition) is 2. The molecular formula is H6GaInO2SnZn. The average Bonchev–Trinajstić information content (AvgIpc) is 1.50. The molecule has 0 N–H and O–H groups in total. The van der Waals surface area contributed by atoms with Crippen LogP contribution in [0.1, 0.15) is 0 Å². The Bertz CT molecular complexity index is 15.5. The van der Waals surface area contributed by atoms with Crippen LogP contribution >= 0.6 is 0 Å². The van der Waals surface area contributed by atoms with Crippen LogP contribution in [-0.2, 0) is 24.9 Å². The van der Waals surface area contributed by atoms with Crippen LogP contribution in [-0.4, -0.2) is 68.1 Å². The van der Waals surface area contributed by atoms with Gasteiger partial charge in [0.2, 0.25) is 0 Å². The first-order chi connectivity index (χ1) is 2.00. The summed E-state index contributed by atoms with van der Waals surface area (Å²) in [7, 11) is 0. The first kappa shape index (κ1) is 23.6. The van der Waals surface area contributed by atoms with E-state index in [2.05, 4.69) is 0 Å². The van der Waals surface area contributed by atoms with Crippen molar-refractivity contribution in [3.05, 3.63) is 0 Å². The van der Waals surface area contributed by atoms with E-state index in [0.29, 0.717) is 22.5 Å². The molecule has 2 nitrogen and oxygen atoms in total. The van der Waals surface area contributed by atoms with Gasteiger partial charge in [0.25, 0.3) is 0 Å². The summed E-state index contributed by atoms with van der Waals surface area (Å²) >= 11 is 0.425. The third-order valence-electron chi connectivity index (χ3n) is 0. The zero-order valence-electron chi connectivity index (χ0n) is 2.02. The van der Waals surface area contributed by atoms with E-state index in [4.69, 9.17) is 6.65 Å². The van der Waals surface area contributed by atoms with E-state index in [1.807, 2.05) is 0 Å².